The molecule has 1 fully saturated rings. The molecule has 2 unspecified atom stereocenters. The zero-order valence-electron chi connectivity index (χ0n) is 18.4. The Bertz CT molecular complexity index is 947. The molecule has 1 saturated heterocycles. The second kappa shape index (κ2) is 8.99. The lowest BCUT2D eigenvalue weighted by atomic mass is 9.85. The van der Waals surface area contributed by atoms with Crippen molar-refractivity contribution >= 4 is 11.6 Å². The van der Waals surface area contributed by atoms with Crippen LogP contribution in [0.3, 0.4) is 0 Å². The van der Waals surface area contributed by atoms with Crippen molar-refractivity contribution in [2.75, 3.05) is 38.2 Å². The molecule has 2 aliphatic heterocycles. The van der Waals surface area contributed by atoms with E-state index in [0.29, 0.717) is 38.2 Å². The van der Waals surface area contributed by atoms with Crippen LogP contribution in [0.1, 0.15) is 49.0 Å². The third kappa shape index (κ3) is 4.33. The molecule has 2 aromatic carbocycles. The Morgan fingerprint density at radius 2 is 2.03 bits per heavy atom. The number of benzene rings is 2. The molecule has 0 radical (unpaired) electrons. The summed E-state index contributed by atoms with van der Waals surface area (Å²) in [5.41, 5.74) is 2.74. The van der Waals surface area contributed by atoms with Gasteiger partial charge in [-0.15, -0.1) is 0 Å². The number of para-hydroxylation sites is 1. The van der Waals surface area contributed by atoms with Crippen LogP contribution in [0.15, 0.2) is 42.5 Å². The van der Waals surface area contributed by atoms with Gasteiger partial charge in [-0.3, -0.25) is 9.69 Å². The number of aliphatic hydroxyl groups is 2. The third-order valence-corrected chi connectivity index (χ3v) is 6.58. The van der Waals surface area contributed by atoms with Gasteiger partial charge in [-0.1, -0.05) is 37.3 Å². The van der Waals surface area contributed by atoms with Gasteiger partial charge in [0.25, 0.3) is 0 Å². The maximum atomic E-state index is 12.1. The average molecular weight is 425 g/mol. The second-order valence-corrected chi connectivity index (χ2v) is 8.62. The number of rotatable bonds is 6. The van der Waals surface area contributed by atoms with Gasteiger partial charge in [0.1, 0.15) is 11.4 Å². The van der Waals surface area contributed by atoms with Gasteiger partial charge in [-0.05, 0) is 49.1 Å². The fourth-order valence-corrected chi connectivity index (χ4v) is 4.96. The molecule has 6 heteroatoms. The van der Waals surface area contributed by atoms with Gasteiger partial charge in [0.05, 0.1) is 13.2 Å². The summed E-state index contributed by atoms with van der Waals surface area (Å²) >= 11 is 0. The molecule has 0 aromatic heterocycles. The number of fused-ring (bicyclic) bond motifs is 1. The number of piperidine rings is 1. The predicted octanol–water partition coefficient (Wildman–Crippen LogP) is 3.01. The van der Waals surface area contributed by atoms with E-state index in [9.17, 15) is 15.0 Å². The van der Waals surface area contributed by atoms with Crippen LogP contribution < -0.4 is 9.64 Å². The Balaban J connectivity index is 1.47. The number of ether oxygens (including phenoxy) is 1. The topological polar surface area (TPSA) is 73.2 Å². The van der Waals surface area contributed by atoms with E-state index in [0.717, 1.165) is 41.8 Å². The largest absolute Gasteiger partial charge is 0.496 e. The Kier molecular flexibility index (Phi) is 6.32. The number of anilines is 1. The summed E-state index contributed by atoms with van der Waals surface area (Å²) in [6.07, 6.45) is 2.17. The van der Waals surface area contributed by atoms with Crippen molar-refractivity contribution in [2.24, 2.45) is 0 Å². The van der Waals surface area contributed by atoms with Gasteiger partial charge in [0.2, 0.25) is 5.91 Å². The fraction of sp³-hybridized carbons (Fsp3) is 0.480. The molecule has 0 spiro atoms. The third-order valence-electron chi connectivity index (χ3n) is 6.58. The first-order valence-electron chi connectivity index (χ1n) is 11.1. The van der Waals surface area contributed by atoms with Crippen LogP contribution in [0.2, 0.25) is 0 Å². The first-order chi connectivity index (χ1) is 14.9. The van der Waals surface area contributed by atoms with Crippen molar-refractivity contribution in [1.82, 2.24) is 4.90 Å². The Labute approximate surface area is 184 Å². The molecule has 0 bridgehead atoms. The minimum absolute atomic E-state index is 0.135. The molecule has 0 saturated carbocycles. The summed E-state index contributed by atoms with van der Waals surface area (Å²) in [5, 5.41) is 22.3. The monoisotopic (exact) mass is 424 g/mol. The van der Waals surface area contributed by atoms with Crippen molar-refractivity contribution in [3.8, 4) is 5.75 Å². The van der Waals surface area contributed by atoms with Crippen molar-refractivity contribution in [2.45, 2.75) is 44.3 Å². The molecular weight excluding hydrogens is 392 g/mol. The number of carbonyl (C=O) groups is 1. The van der Waals surface area contributed by atoms with Crippen LogP contribution in [-0.4, -0.2) is 54.3 Å². The minimum atomic E-state index is -0.997. The number of nitrogens with zero attached hydrogens (tertiary/aromatic N) is 2. The number of aliphatic hydroxyl groups excluding tert-OH is 1. The normalized spacial score (nSPS) is 22.3. The zero-order chi connectivity index (χ0) is 22.0. The molecule has 2 heterocycles. The summed E-state index contributed by atoms with van der Waals surface area (Å²) in [6, 6.07) is 13.5. The van der Waals surface area contributed by atoms with E-state index in [4.69, 9.17) is 4.74 Å². The lowest BCUT2D eigenvalue weighted by Crippen LogP contribution is -2.47. The number of carbonyl (C=O) groups excluding carboxylic acids is 1. The highest BCUT2D eigenvalue weighted by Gasteiger charge is 2.37. The average Bonchev–Trinajstić information content (AvgIpc) is 3.22. The molecule has 2 aliphatic rings. The lowest BCUT2D eigenvalue weighted by molar-refractivity contribution is -0.118. The molecule has 6 nitrogen and oxygen atoms in total. The maximum absolute atomic E-state index is 12.1. The molecule has 2 aromatic rings. The molecule has 2 N–H and O–H groups in total. The van der Waals surface area contributed by atoms with E-state index in [2.05, 4.69) is 4.90 Å². The molecule has 2 atom stereocenters. The van der Waals surface area contributed by atoms with Gasteiger partial charge in [-0.2, -0.15) is 0 Å². The fourth-order valence-electron chi connectivity index (χ4n) is 4.96. The highest BCUT2D eigenvalue weighted by Crippen LogP contribution is 2.37. The first kappa shape index (κ1) is 21.8. The zero-order valence-corrected chi connectivity index (χ0v) is 18.4. The number of hydrogen-bond acceptors (Lipinski definition) is 5. The van der Waals surface area contributed by atoms with Gasteiger partial charge < -0.3 is 19.8 Å². The number of likely N-dealkylation sites (tertiary alicyclic amines) is 1. The van der Waals surface area contributed by atoms with E-state index in [-0.39, 0.29) is 5.91 Å². The maximum Gasteiger partial charge on any atom is 0.226 e. The van der Waals surface area contributed by atoms with Gasteiger partial charge >= 0.3 is 0 Å². The van der Waals surface area contributed by atoms with E-state index in [1.807, 2.05) is 54.3 Å². The van der Waals surface area contributed by atoms with Crippen LogP contribution >= 0.6 is 0 Å². The molecule has 166 valence electrons. The van der Waals surface area contributed by atoms with E-state index >= 15 is 0 Å². The first-order valence-corrected chi connectivity index (χ1v) is 11.1. The lowest BCUT2D eigenvalue weighted by Gasteiger charge is -2.40. The Morgan fingerprint density at radius 3 is 2.81 bits per heavy atom. The SMILES string of the molecule is CCC(=O)N1CCc2cc(C(O)CN3CCCC(O)(c4ccccc4OC)C3)ccc21. The second-order valence-electron chi connectivity index (χ2n) is 8.62. The highest BCUT2D eigenvalue weighted by atomic mass is 16.5. The van der Waals surface area contributed by atoms with Gasteiger partial charge in [0, 0.05) is 37.3 Å². The Morgan fingerprint density at radius 1 is 1.23 bits per heavy atom. The molecule has 4 rings (SSSR count). The smallest absolute Gasteiger partial charge is 0.226 e. The van der Waals surface area contributed by atoms with Crippen molar-refractivity contribution in [1.29, 1.82) is 0 Å². The number of amides is 1. The standard InChI is InChI=1S/C25H32N2O4/c1-3-24(29)27-14-11-18-15-19(9-10-21(18)27)22(28)16-26-13-6-12-25(30,17-26)20-7-4-5-8-23(20)31-2/h4-5,7-10,15,22,28,30H,3,6,11-14,16-17H2,1-2H3. The van der Waals surface area contributed by atoms with Gasteiger partial charge in [-0.25, -0.2) is 0 Å². The molecule has 1 amide bonds. The molecule has 0 aliphatic carbocycles. The quantitative estimate of drug-likeness (QED) is 0.746. The van der Waals surface area contributed by atoms with Crippen LogP contribution in [0, 0.1) is 0 Å². The summed E-state index contributed by atoms with van der Waals surface area (Å²) in [6.45, 7) is 4.32. The van der Waals surface area contributed by atoms with Crippen LogP contribution in [0.5, 0.6) is 5.75 Å². The van der Waals surface area contributed by atoms with Crippen molar-refractivity contribution in [3.63, 3.8) is 0 Å². The highest BCUT2D eigenvalue weighted by molar-refractivity contribution is 5.95. The van der Waals surface area contributed by atoms with Gasteiger partial charge in [0.15, 0.2) is 0 Å². The predicted molar refractivity (Wildman–Crippen MR) is 120 cm³/mol. The van der Waals surface area contributed by atoms with E-state index in [1.54, 1.807) is 7.11 Å². The minimum Gasteiger partial charge on any atom is -0.496 e. The van der Waals surface area contributed by atoms with E-state index < -0.39 is 11.7 Å². The summed E-state index contributed by atoms with van der Waals surface area (Å²) < 4.78 is 5.47. The number of β-amino-alcohol motifs (C(OH)–C–C–N with tert-alkyl or cyclic N) is 2. The number of hydrogen-bond donors (Lipinski definition) is 2. The van der Waals surface area contributed by atoms with Crippen LogP contribution in [0.25, 0.3) is 0 Å². The summed E-state index contributed by atoms with van der Waals surface area (Å²) in [4.78, 5) is 16.1. The number of methoxy groups -OCH3 is 1. The molecular formula is C25H32N2O4. The van der Waals surface area contributed by atoms with Crippen molar-refractivity contribution in [3.05, 3.63) is 59.2 Å². The summed E-state index contributed by atoms with van der Waals surface area (Å²) in [5.74, 6) is 0.827. The van der Waals surface area contributed by atoms with Crippen molar-refractivity contribution < 1.29 is 19.7 Å². The van der Waals surface area contributed by atoms with Crippen LogP contribution in [0.4, 0.5) is 5.69 Å². The summed E-state index contributed by atoms with van der Waals surface area (Å²) in [7, 11) is 1.62. The molecule has 31 heavy (non-hydrogen) atoms. The van der Waals surface area contributed by atoms with E-state index in [1.165, 1.54) is 0 Å². The Hall–Kier alpha value is -2.41. The van der Waals surface area contributed by atoms with Crippen LogP contribution in [-0.2, 0) is 16.8 Å².